The number of rotatable bonds is 2. The SMILES string of the molecule is Cc1cc(F)c(Br)cc1NC1CCc2cc(F)ccc21. The molecule has 4 heteroatoms. The molecule has 0 heterocycles. The van der Waals surface area contributed by atoms with E-state index >= 15 is 0 Å². The second-order valence-corrected chi connectivity index (χ2v) is 6.01. The predicted octanol–water partition coefficient (Wildman–Crippen LogP) is 5.14. The van der Waals surface area contributed by atoms with Gasteiger partial charge in [0, 0.05) is 5.69 Å². The van der Waals surface area contributed by atoms with E-state index in [4.69, 9.17) is 0 Å². The number of aryl methyl sites for hydroxylation is 2. The van der Waals surface area contributed by atoms with Gasteiger partial charge in [0.25, 0.3) is 0 Å². The number of fused-ring (bicyclic) bond motifs is 1. The van der Waals surface area contributed by atoms with E-state index in [0.717, 1.165) is 35.2 Å². The molecule has 2 aromatic carbocycles. The summed E-state index contributed by atoms with van der Waals surface area (Å²) in [6.07, 6.45) is 1.79. The highest BCUT2D eigenvalue weighted by Crippen LogP contribution is 2.36. The maximum absolute atomic E-state index is 13.4. The second-order valence-electron chi connectivity index (χ2n) is 5.16. The fourth-order valence-electron chi connectivity index (χ4n) is 2.73. The van der Waals surface area contributed by atoms with Crippen molar-refractivity contribution >= 4 is 21.6 Å². The summed E-state index contributed by atoms with van der Waals surface area (Å²) in [5, 5.41) is 3.43. The minimum Gasteiger partial charge on any atom is -0.378 e. The minimum atomic E-state index is -0.262. The molecule has 20 heavy (non-hydrogen) atoms. The lowest BCUT2D eigenvalue weighted by atomic mass is 10.1. The van der Waals surface area contributed by atoms with Crippen LogP contribution in [0.5, 0.6) is 0 Å². The largest absolute Gasteiger partial charge is 0.378 e. The van der Waals surface area contributed by atoms with Crippen molar-refractivity contribution in [1.82, 2.24) is 0 Å². The quantitative estimate of drug-likeness (QED) is 0.800. The standard InChI is InChI=1S/C16H14BrF2N/c1-9-6-14(19)13(17)8-16(9)20-15-5-2-10-7-11(18)3-4-12(10)15/h3-4,6-8,15,20H,2,5H2,1H3. The molecule has 0 saturated heterocycles. The van der Waals surface area contributed by atoms with Gasteiger partial charge < -0.3 is 5.32 Å². The molecule has 0 aromatic heterocycles. The Balaban J connectivity index is 1.89. The zero-order valence-electron chi connectivity index (χ0n) is 11.0. The molecule has 1 unspecified atom stereocenters. The van der Waals surface area contributed by atoms with Gasteiger partial charge in [0.05, 0.1) is 10.5 Å². The maximum Gasteiger partial charge on any atom is 0.137 e. The van der Waals surface area contributed by atoms with Gasteiger partial charge in [0.15, 0.2) is 0 Å². The van der Waals surface area contributed by atoms with E-state index in [1.165, 1.54) is 12.1 Å². The highest BCUT2D eigenvalue weighted by Gasteiger charge is 2.23. The molecule has 0 bridgehead atoms. The number of halogens is 3. The number of nitrogens with one attached hydrogen (secondary N) is 1. The third-order valence-corrected chi connectivity index (χ3v) is 4.39. The van der Waals surface area contributed by atoms with Crippen molar-refractivity contribution in [2.24, 2.45) is 0 Å². The molecule has 1 N–H and O–H groups in total. The molecule has 1 atom stereocenters. The van der Waals surface area contributed by atoms with Gasteiger partial charge in [0.1, 0.15) is 11.6 Å². The van der Waals surface area contributed by atoms with Crippen LogP contribution in [0.2, 0.25) is 0 Å². The van der Waals surface area contributed by atoms with Crippen molar-refractivity contribution in [3.8, 4) is 0 Å². The van der Waals surface area contributed by atoms with Gasteiger partial charge in [-0.25, -0.2) is 8.78 Å². The smallest absolute Gasteiger partial charge is 0.137 e. The van der Waals surface area contributed by atoms with Crippen LogP contribution < -0.4 is 5.32 Å². The van der Waals surface area contributed by atoms with Crippen molar-refractivity contribution in [1.29, 1.82) is 0 Å². The van der Waals surface area contributed by atoms with Gasteiger partial charge in [-0.05, 0) is 76.7 Å². The second kappa shape index (κ2) is 5.17. The van der Waals surface area contributed by atoms with Gasteiger partial charge in [-0.3, -0.25) is 0 Å². The van der Waals surface area contributed by atoms with E-state index in [9.17, 15) is 8.78 Å². The molecule has 104 valence electrons. The molecule has 0 spiro atoms. The molecule has 0 saturated carbocycles. The summed E-state index contributed by atoms with van der Waals surface area (Å²) in [5.74, 6) is -0.452. The van der Waals surface area contributed by atoms with Crippen LogP contribution in [0.25, 0.3) is 0 Å². The minimum absolute atomic E-state index is 0.154. The van der Waals surface area contributed by atoms with E-state index < -0.39 is 0 Å². The number of anilines is 1. The average Bonchev–Trinajstić information content (AvgIpc) is 2.78. The molecule has 1 aliphatic carbocycles. The van der Waals surface area contributed by atoms with Crippen LogP contribution in [0.4, 0.5) is 14.5 Å². The van der Waals surface area contributed by atoms with Crippen LogP contribution in [0.3, 0.4) is 0 Å². The third-order valence-electron chi connectivity index (χ3n) is 3.78. The van der Waals surface area contributed by atoms with Crippen LogP contribution in [-0.4, -0.2) is 0 Å². The third kappa shape index (κ3) is 2.44. The van der Waals surface area contributed by atoms with Gasteiger partial charge in [0.2, 0.25) is 0 Å². The Kier molecular flexibility index (Phi) is 3.50. The van der Waals surface area contributed by atoms with Crippen LogP contribution in [0.1, 0.15) is 29.2 Å². The summed E-state index contributed by atoms with van der Waals surface area (Å²) >= 11 is 3.21. The predicted molar refractivity (Wildman–Crippen MR) is 79.9 cm³/mol. The topological polar surface area (TPSA) is 12.0 Å². The van der Waals surface area contributed by atoms with Gasteiger partial charge >= 0.3 is 0 Å². The van der Waals surface area contributed by atoms with E-state index in [2.05, 4.69) is 21.2 Å². The van der Waals surface area contributed by atoms with Gasteiger partial charge in [-0.2, -0.15) is 0 Å². The first-order chi connectivity index (χ1) is 9.54. The Morgan fingerprint density at radius 2 is 2.00 bits per heavy atom. The molecule has 3 rings (SSSR count). The fourth-order valence-corrected chi connectivity index (χ4v) is 3.07. The molecule has 2 aromatic rings. The monoisotopic (exact) mass is 337 g/mol. The van der Waals surface area contributed by atoms with Crippen LogP contribution in [0.15, 0.2) is 34.8 Å². The molecule has 0 fully saturated rings. The summed E-state index contributed by atoms with van der Waals surface area (Å²) in [6.45, 7) is 1.87. The summed E-state index contributed by atoms with van der Waals surface area (Å²) < 4.78 is 27.1. The molecule has 0 amide bonds. The lowest BCUT2D eigenvalue weighted by molar-refractivity contribution is 0.619. The Morgan fingerprint density at radius 3 is 2.80 bits per heavy atom. The van der Waals surface area contributed by atoms with E-state index in [1.807, 2.05) is 13.0 Å². The number of hydrogen-bond acceptors (Lipinski definition) is 1. The summed E-state index contributed by atoms with van der Waals surface area (Å²) in [7, 11) is 0. The van der Waals surface area contributed by atoms with Crippen molar-refractivity contribution < 1.29 is 8.78 Å². The highest BCUT2D eigenvalue weighted by atomic mass is 79.9. The summed E-state index contributed by atoms with van der Waals surface area (Å²) in [4.78, 5) is 0. The number of hydrogen-bond donors (Lipinski definition) is 1. The van der Waals surface area contributed by atoms with E-state index in [0.29, 0.717) is 4.47 Å². The van der Waals surface area contributed by atoms with Crippen LogP contribution in [0, 0.1) is 18.6 Å². The Hall–Kier alpha value is -1.42. The van der Waals surface area contributed by atoms with Crippen molar-refractivity contribution in [3.63, 3.8) is 0 Å². The maximum atomic E-state index is 13.4. The van der Waals surface area contributed by atoms with Crippen molar-refractivity contribution in [2.75, 3.05) is 5.32 Å². The Bertz CT molecular complexity index is 670. The normalized spacial score (nSPS) is 17.1. The molecular weight excluding hydrogens is 324 g/mol. The van der Waals surface area contributed by atoms with E-state index in [1.54, 1.807) is 12.1 Å². The molecule has 1 aliphatic rings. The zero-order valence-corrected chi connectivity index (χ0v) is 12.6. The molecular formula is C16H14BrF2N. The average molecular weight is 338 g/mol. The fraction of sp³-hybridized carbons (Fsp3) is 0.250. The first kappa shape index (κ1) is 13.6. The first-order valence-electron chi connectivity index (χ1n) is 6.55. The highest BCUT2D eigenvalue weighted by molar-refractivity contribution is 9.10. The molecule has 0 radical (unpaired) electrons. The molecule has 0 aliphatic heterocycles. The summed E-state index contributed by atoms with van der Waals surface area (Å²) in [5.41, 5.74) is 3.95. The Morgan fingerprint density at radius 1 is 1.20 bits per heavy atom. The first-order valence-corrected chi connectivity index (χ1v) is 7.34. The zero-order chi connectivity index (χ0) is 14.3. The molecule has 1 nitrogen and oxygen atoms in total. The number of benzene rings is 2. The Labute approximate surface area is 125 Å². The lowest BCUT2D eigenvalue weighted by Crippen LogP contribution is -2.08. The van der Waals surface area contributed by atoms with Crippen LogP contribution >= 0.6 is 15.9 Å². The van der Waals surface area contributed by atoms with Gasteiger partial charge in [-0.1, -0.05) is 6.07 Å². The van der Waals surface area contributed by atoms with Crippen molar-refractivity contribution in [3.05, 3.63) is 63.1 Å². The van der Waals surface area contributed by atoms with Crippen molar-refractivity contribution in [2.45, 2.75) is 25.8 Å². The lowest BCUT2D eigenvalue weighted by Gasteiger charge is -2.18. The van der Waals surface area contributed by atoms with E-state index in [-0.39, 0.29) is 17.7 Å². The van der Waals surface area contributed by atoms with Gasteiger partial charge in [-0.15, -0.1) is 0 Å². The summed E-state index contributed by atoms with van der Waals surface area (Å²) in [6, 6.07) is 8.35. The van der Waals surface area contributed by atoms with Crippen LogP contribution in [-0.2, 0) is 6.42 Å².